The van der Waals surface area contributed by atoms with Crippen molar-refractivity contribution in [1.29, 1.82) is 0 Å². The lowest BCUT2D eigenvalue weighted by atomic mass is 10.0. The van der Waals surface area contributed by atoms with E-state index in [1.165, 1.54) is 5.56 Å². The number of carbonyl (C=O) groups is 1. The molecule has 4 nitrogen and oxygen atoms in total. The number of aliphatic carboxylic acids is 1. The molecule has 1 heterocycles. The molecule has 0 saturated carbocycles. The van der Waals surface area contributed by atoms with E-state index < -0.39 is 5.97 Å². The van der Waals surface area contributed by atoms with E-state index in [1.807, 2.05) is 30.5 Å². The topological polar surface area (TPSA) is 54.3 Å². The molecule has 0 aliphatic heterocycles. The van der Waals surface area contributed by atoms with Crippen LogP contribution in [0.15, 0.2) is 42.7 Å². The van der Waals surface area contributed by atoms with Crippen LogP contribution in [-0.2, 0) is 24.3 Å². The molecule has 0 aliphatic carbocycles. The summed E-state index contributed by atoms with van der Waals surface area (Å²) in [5.41, 5.74) is 3.17. The second kappa shape index (κ2) is 6.91. The lowest BCUT2D eigenvalue weighted by Crippen LogP contribution is -2.11. The third kappa shape index (κ3) is 3.96. The fourth-order valence-corrected chi connectivity index (χ4v) is 2.21. The van der Waals surface area contributed by atoms with Gasteiger partial charge in [0.2, 0.25) is 0 Å². The number of nitrogens with zero attached hydrogens (tertiary/aromatic N) is 1. The number of aromatic nitrogens is 1. The molecule has 20 heavy (non-hydrogen) atoms. The van der Waals surface area contributed by atoms with Gasteiger partial charge in [0.1, 0.15) is 0 Å². The van der Waals surface area contributed by atoms with E-state index in [4.69, 9.17) is 5.11 Å². The van der Waals surface area contributed by atoms with Crippen LogP contribution in [0.4, 0.5) is 0 Å². The van der Waals surface area contributed by atoms with Gasteiger partial charge >= 0.3 is 5.97 Å². The number of nitrogens with one attached hydrogen (secondary N) is 1. The average Bonchev–Trinajstić information content (AvgIpc) is 2.86. The number of carboxylic acid groups (broad SMARTS) is 1. The van der Waals surface area contributed by atoms with Gasteiger partial charge in [-0.1, -0.05) is 31.2 Å². The summed E-state index contributed by atoms with van der Waals surface area (Å²) in [7, 11) is 0. The zero-order valence-corrected chi connectivity index (χ0v) is 11.7. The second-order valence-corrected chi connectivity index (χ2v) is 4.81. The summed E-state index contributed by atoms with van der Waals surface area (Å²) in [5, 5.41) is 12.2. The fourth-order valence-electron chi connectivity index (χ4n) is 2.21. The number of hydrogen-bond donors (Lipinski definition) is 2. The molecule has 1 aromatic carbocycles. The van der Waals surface area contributed by atoms with Gasteiger partial charge in [-0.2, -0.15) is 0 Å². The first kappa shape index (κ1) is 14.3. The zero-order valence-electron chi connectivity index (χ0n) is 11.7. The van der Waals surface area contributed by atoms with Crippen LogP contribution in [0.3, 0.4) is 0 Å². The van der Waals surface area contributed by atoms with Crippen LogP contribution in [0.1, 0.15) is 23.6 Å². The Kier molecular flexibility index (Phi) is 4.96. The largest absolute Gasteiger partial charge is 0.481 e. The molecular formula is C16H20N2O2. The van der Waals surface area contributed by atoms with Crippen molar-refractivity contribution in [2.45, 2.75) is 26.4 Å². The lowest BCUT2D eigenvalue weighted by Gasteiger charge is -2.08. The SMILES string of the molecule is CCNCc1ccn(Cc2ccccc2CC(=O)O)c1. The molecule has 0 radical (unpaired) electrons. The first-order chi connectivity index (χ1) is 9.69. The van der Waals surface area contributed by atoms with E-state index in [0.29, 0.717) is 6.54 Å². The highest BCUT2D eigenvalue weighted by atomic mass is 16.4. The molecule has 4 heteroatoms. The van der Waals surface area contributed by atoms with Gasteiger partial charge in [-0.05, 0) is 29.3 Å². The summed E-state index contributed by atoms with van der Waals surface area (Å²) < 4.78 is 2.09. The molecule has 2 aromatic rings. The van der Waals surface area contributed by atoms with Crippen LogP contribution in [0.2, 0.25) is 0 Å². The van der Waals surface area contributed by atoms with Gasteiger partial charge in [0, 0.05) is 25.5 Å². The van der Waals surface area contributed by atoms with Gasteiger partial charge in [-0.25, -0.2) is 0 Å². The minimum Gasteiger partial charge on any atom is -0.481 e. The summed E-state index contributed by atoms with van der Waals surface area (Å²) >= 11 is 0. The van der Waals surface area contributed by atoms with Crippen molar-refractivity contribution >= 4 is 5.97 Å². The van der Waals surface area contributed by atoms with Gasteiger partial charge in [0.05, 0.1) is 6.42 Å². The highest BCUT2D eigenvalue weighted by Crippen LogP contribution is 2.13. The molecule has 0 unspecified atom stereocenters. The smallest absolute Gasteiger partial charge is 0.307 e. The Hall–Kier alpha value is -2.07. The third-order valence-electron chi connectivity index (χ3n) is 3.20. The van der Waals surface area contributed by atoms with E-state index in [2.05, 4.69) is 29.1 Å². The number of carboxylic acids is 1. The average molecular weight is 272 g/mol. The molecule has 2 N–H and O–H groups in total. The van der Waals surface area contributed by atoms with Gasteiger partial charge in [-0.3, -0.25) is 4.79 Å². The van der Waals surface area contributed by atoms with Crippen molar-refractivity contribution in [1.82, 2.24) is 9.88 Å². The normalized spacial score (nSPS) is 10.7. The lowest BCUT2D eigenvalue weighted by molar-refractivity contribution is -0.136. The summed E-state index contributed by atoms with van der Waals surface area (Å²) in [6.07, 6.45) is 4.20. The van der Waals surface area contributed by atoms with Gasteiger partial charge in [-0.15, -0.1) is 0 Å². The molecule has 106 valence electrons. The van der Waals surface area contributed by atoms with Crippen molar-refractivity contribution in [3.63, 3.8) is 0 Å². The van der Waals surface area contributed by atoms with E-state index in [1.54, 1.807) is 0 Å². The van der Waals surface area contributed by atoms with Crippen LogP contribution in [0.25, 0.3) is 0 Å². The van der Waals surface area contributed by atoms with E-state index in [-0.39, 0.29) is 6.42 Å². The Balaban J connectivity index is 2.09. The Bertz CT molecular complexity index is 575. The maximum Gasteiger partial charge on any atom is 0.307 e. The highest BCUT2D eigenvalue weighted by Gasteiger charge is 2.07. The molecule has 0 aliphatic rings. The minimum atomic E-state index is -0.794. The third-order valence-corrected chi connectivity index (χ3v) is 3.20. The molecule has 0 amide bonds. The predicted octanol–water partition coefficient (Wildman–Crippen LogP) is 2.27. The monoisotopic (exact) mass is 272 g/mol. The first-order valence-electron chi connectivity index (χ1n) is 6.83. The molecule has 0 fully saturated rings. The molecule has 0 atom stereocenters. The highest BCUT2D eigenvalue weighted by molar-refractivity contribution is 5.70. The van der Waals surface area contributed by atoms with Gasteiger partial charge in [0.15, 0.2) is 0 Å². The summed E-state index contributed by atoms with van der Waals surface area (Å²) in [4.78, 5) is 10.9. The van der Waals surface area contributed by atoms with Crippen molar-refractivity contribution in [2.75, 3.05) is 6.54 Å². The Labute approximate surface area is 119 Å². The second-order valence-electron chi connectivity index (χ2n) is 4.81. The Morgan fingerprint density at radius 2 is 2.00 bits per heavy atom. The number of rotatable bonds is 7. The predicted molar refractivity (Wildman–Crippen MR) is 78.7 cm³/mol. The number of hydrogen-bond acceptors (Lipinski definition) is 2. The molecule has 0 bridgehead atoms. The summed E-state index contributed by atoms with van der Waals surface area (Å²) in [6, 6.07) is 9.79. The van der Waals surface area contributed by atoms with Crippen LogP contribution < -0.4 is 5.32 Å². The molecule has 0 spiro atoms. The number of benzene rings is 1. The van der Waals surface area contributed by atoms with Gasteiger partial charge in [0.25, 0.3) is 0 Å². The fraction of sp³-hybridized carbons (Fsp3) is 0.312. The van der Waals surface area contributed by atoms with E-state index in [9.17, 15) is 4.79 Å². The van der Waals surface area contributed by atoms with E-state index in [0.717, 1.165) is 24.2 Å². The van der Waals surface area contributed by atoms with Crippen molar-refractivity contribution in [2.24, 2.45) is 0 Å². The molecule has 2 rings (SSSR count). The van der Waals surface area contributed by atoms with E-state index >= 15 is 0 Å². The summed E-state index contributed by atoms with van der Waals surface area (Å²) in [6.45, 7) is 4.60. The maximum absolute atomic E-state index is 10.9. The molecule has 0 saturated heterocycles. The van der Waals surface area contributed by atoms with Crippen LogP contribution in [-0.4, -0.2) is 22.2 Å². The Morgan fingerprint density at radius 3 is 2.70 bits per heavy atom. The maximum atomic E-state index is 10.9. The van der Waals surface area contributed by atoms with Gasteiger partial charge < -0.3 is 15.0 Å². The zero-order chi connectivity index (χ0) is 14.4. The first-order valence-corrected chi connectivity index (χ1v) is 6.83. The molecular weight excluding hydrogens is 252 g/mol. The van der Waals surface area contributed by atoms with Crippen molar-refractivity contribution in [3.8, 4) is 0 Å². The van der Waals surface area contributed by atoms with Crippen molar-refractivity contribution < 1.29 is 9.90 Å². The minimum absolute atomic E-state index is 0.0711. The summed E-state index contributed by atoms with van der Waals surface area (Å²) in [5.74, 6) is -0.794. The van der Waals surface area contributed by atoms with Crippen LogP contribution in [0.5, 0.6) is 0 Å². The quantitative estimate of drug-likeness (QED) is 0.813. The van der Waals surface area contributed by atoms with Crippen LogP contribution >= 0.6 is 0 Å². The Morgan fingerprint density at radius 1 is 1.25 bits per heavy atom. The van der Waals surface area contributed by atoms with Crippen molar-refractivity contribution in [3.05, 3.63) is 59.4 Å². The molecule has 1 aromatic heterocycles. The van der Waals surface area contributed by atoms with Crippen LogP contribution in [0, 0.1) is 0 Å². The standard InChI is InChI=1S/C16H20N2O2/c1-2-17-10-13-7-8-18(11-13)12-15-6-4-3-5-14(15)9-16(19)20/h3-8,11,17H,2,9-10,12H2,1H3,(H,19,20).